The van der Waals surface area contributed by atoms with Crippen molar-refractivity contribution in [2.45, 2.75) is 0 Å². The Hall–Kier alpha value is -10.4. The number of anilines is 6. The highest BCUT2D eigenvalue weighted by atomic mass is 15.1. The first kappa shape index (κ1) is 46.2. The summed E-state index contributed by atoms with van der Waals surface area (Å²) in [5.74, 6) is 0. The highest BCUT2D eigenvalue weighted by Crippen LogP contribution is 2.49. The zero-order valence-electron chi connectivity index (χ0n) is 42.8. The maximum atomic E-state index is 4.64. The number of pyridine rings is 1. The van der Waals surface area contributed by atoms with E-state index in [0.29, 0.717) is 0 Å². The van der Waals surface area contributed by atoms with Gasteiger partial charge < -0.3 is 9.80 Å². The summed E-state index contributed by atoms with van der Waals surface area (Å²) in [5, 5.41) is 9.65. The molecule has 0 aliphatic rings. The number of rotatable bonds is 11. The molecule has 0 N–H and O–H groups in total. The number of aromatic nitrogens is 1. The molecule has 3 nitrogen and oxygen atoms in total. The molecular formula is C75H51N3. The van der Waals surface area contributed by atoms with E-state index in [4.69, 9.17) is 0 Å². The minimum absolute atomic E-state index is 0.966. The van der Waals surface area contributed by atoms with Gasteiger partial charge in [-0.05, 0) is 179 Å². The highest BCUT2D eigenvalue weighted by Gasteiger charge is 2.22. The molecule has 3 heteroatoms. The van der Waals surface area contributed by atoms with Crippen LogP contribution in [0.4, 0.5) is 34.1 Å². The van der Waals surface area contributed by atoms with Gasteiger partial charge >= 0.3 is 0 Å². The van der Waals surface area contributed by atoms with Crippen molar-refractivity contribution in [1.82, 2.24) is 4.98 Å². The van der Waals surface area contributed by atoms with E-state index in [1.807, 2.05) is 18.3 Å². The van der Waals surface area contributed by atoms with E-state index in [-0.39, 0.29) is 0 Å². The monoisotopic (exact) mass is 993 g/mol. The first-order chi connectivity index (χ1) is 38.7. The molecule has 1 aromatic heterocycles. The first-order valence-corrected chi connectivity index (χ1v) is 26.7. The van der Waals surface area contributed by atoms with Gasteiger partial charge in [-0.2, -0.15) is 0 Å². The molecule has 14 rings (SSSR count). The molecule has 0 saturated carbocycles. The predicted molar refractivity (Wildman–Crippen MR) is 331 cm³/mol. The second-order valence-corrected chi connectivity index (χ2v) is 19.8. The van der Waals surface area contributed by atoms with Gasteiger partial charge in [0.05, 0.1) is 5.69 Å². The Kier molecular flexibility index (Phi) is 11.9. The van der Waals surface area contributed by atoms with Gasteiger partial charge in [-0.3, -0.25) is 4.98 Å². The normalized spacial score (nSPS) is 11.3. The largest absolute Gasteiger partial charge is 0.311 e. The van der Waals surface area contributed by atoms with Crippen molar-refractivity contribution in [2.75, 3.05) is 9.80 Å². The molecule has 0 spiro atoms. The van der Waals surface area contributed by atoms with Crippen LogP contribution in [-0.4, -0.2) is 4.98 Å². The molecule has 0 saturated heterocycles. The number of hydrogen-bond donors (Lipinski definition) is 0. The third-order valence-electron chi connectivity index (χ3n) is 15.3. The fourth-order valence-electron chi connectivity index (χ4n) is 11.8. The molecule has 0 fully saturated rings. The Labute approximate surface area is 454 Å². The Morgan fingerprint density at radius 2 is 0.462 bits per heavy atom. The van der Waals surface area contributed by atoms with Gasteiger partial charge in [0, 0.05) is 45.9 Å². The number of para-hydroxylation sites is 4. The Bertz CT molecular complexity index is 4300. The molecule has 0 radical (unpaired) electrons. The summed E-state index contributed by atoms with van der Waals surface area (Å²) in [6.07, 6.45) is 1.86. The summed E-state index contributed by atoms with van der Waals surface area (Å²) in [6, 6.07) is 110. The molecule has 14 aromatic rings. The smallest absolute Gasteiger partial charge is 0.0701 e. The molecule has 366 valence electrons. The summed E-state index contributed by atoms with van der Waals surface area (Å²) >= 11 is 0. The molecule has 0 bridgehead atoms. The van der Waals surface area contributed by atoms with Crippen LogP contribution in [-0.2, 0) is 0 Å². The van der Waals surface area contributed by atoms with Gasteiger partial charge in [-0.1, -0.05) is 212 Å². The zero-order chi connectivity index (χ0) is 51.8. The summed E-state index contributed by atoms with van der Waals surface area (Å²) in [4.78, 5) is 9.30. The van der Waals surface area contributed by atoms with E-state index in [1.165, 1.54) is 76.5 Å². The van der Waals surface area contributed by atoms with E-state index in [9.17, 15) is 0 Å². The second kappa shape index (κ2) is 20.1. The van der Waals surface area contributed by atoms with Gasteiger partial charge in [0.25, 0.3) is 0 Å². The Balaban J connectivity index is 0.987. The summed E-state index contributed by atoms with van der Waals surface area (Å²) in [5.41, 5.74) is 18.2. The van der Waals surface area contributed by atoms with Gasteiger partial charge in [0.15, 0.2) is 0 Å². The lowest BCUT2D eigenvalue weighted by Crippen LogP contribution is -2.09. The van der Waals surface area contributed by atoms with Crippen LogP contribution >= 0.6 is 0 Å². The summed E-state index contributed by atoms with van der Waals surface area (Å²) in [6.45, 7) is 0. The van der Waals surface area contributed by atoms with Crippen LogP contribution in [0.25, 0.3) is 98.9 Å². The van der Waals surface area contributed by atoms with Crippen LogP contribution < -0.4 is 9.80 Å². The molecule has 0 atom stereocenters. The van der Waals surface area contributed by atoms with Crippen LogP contribution in [0.5, 0.6) is 0 Å². The zero-order valence-corrected chi connectivity index (χ0v) is 42.8. The third kappa shape index (κ3) is 8.32. The van der Waals surface area contributed by atoms with Crippen molar-refractivity contribution in [2.24, 2.45) is 0 Å². The average molecular weight is 994 g/mol. The highest BCUT2D eigenvalue weighted by molar-refractivity contribution is 6.25. The molecule has 0 unspecified atom stereocenters. The topological polar surface area (TPSA) is 19.4 Å². The van der Waals surface area contributed by atoms with Crippen LogP contribution in [0.1, 0.15) is 0 Å². The van der Waals surface area contributed by atoms with E-state index in [2.05, 4.69) is 306 Å². The Morgan fingerprint density at radius 3 is 0.821 bits per heavy atom. The molecule has 78 heavy (non-hydrogen) atoms. The minimum Gasteiger partial charge on any atom is -0.311 e. The number of benzene rings is 13. The van der Waals surface area contributed by atoms with E-state index in [0.717, 1.165) is 56.5 Å². The van der Waals surface area contributed by atoms with Crippen LogP contribution in [0, 0.1) is 0 Å². The lowest BCUT2D eigenvalue weighted by Gasteiger charge is -2.26. The van der Waals surface area contributed by atoms with E-state index in [1.54, 1.807) is 0 Å². The number of fused-ring (bicyclic) bond motifs is 4. The molecule has 0 amide bonds. The second-order valence-electron chi connectivity index (χ2n) is 19.8. The van der Waals surface area contributed by atoms with Crippen molar-refractivity contribution in [1.29, 1.82) is 0 Å². The van der Waals surface area contributed by atoms with Crippen LogP contribution in [0.3, 0.4) is 0 Å². The SMILES string of the molecule is c1ccc(N(c2ccccc2)c2ccc(-c3c4ccccc4c(-c4ccc(N(c5ccccc5)c5ccccc5)cc4)c4cc(-c5c6ccccc6c(-c6ccc(-c7ccccn7)cc6)c6ccccc56)ccc34)cc2)cc1. The van der Waals surface area contributed by atoms with E-state index >= 15 is 0 Å². The van der Waals surface area contributed by atoms with Crippen molar-refractivity contribution in [3.05, 3.63) is 310 Å². The lowest BCUT2D eigenvalue weighted by atomic mass is 9.82. The summed E-state index contributed by atoms with van der Waals surface area (Å²) < 4.78 is 0. The molecule has 0 aliphatic carbocycles. The number of nitrogens with zero attached hydrogens (tertiary/aromatic N) is 3. The average Bonchev–Trinajstić information content (AvgIpc) is 3.53. The maximum absolute atomic E-state index is 4.64. The molecule has 13 aromatic carbocycles. The number of hydrogen-bond acceptors (Lipinski definition) is 3. The van der Waals surface area contributed by atoms with Crippen LogP contribution in [0.2, 0.25) is 0 Å². The standard InChI is InChI=1S/C75H51N3/c1-5-21-57(22-6-1)77(58-23-7-2-8-24-58)61-45-40-54(41-46-61)73-63-29-13-16-32-66(63)74(55-42-47-62(48-43-55)78(59-25-9-3-10-26-59)60-27-11-4-12-28-60)70-51-56(44-49-69(70)73)75-67-33-17-14-30-64(67)72(65-31-15-18-34-68(65)75)53-38-36-52(37-39-53)71-35-19-20-50-76-71/h1-51H. The first-order valence-electron chi connectivity index (χ1n) is 26.7. The van der Waals surface area contributed by atoms with E-state index < -0.39 is 0 Å². The van der Waals surface area contributed by atoms with Crippen molar-refractivity contribution in [3.63, 3.8) is 0 Å². The Morgan fingerprint density at radius 1 is 0.192 bits per heavy atom. The quantitative estimate of drug-likeness (QED) is 0.120. The fraction of sp³-hybridized carbons (Fsp3) is 0. The fourth-order valence-corrected chi connectivity index (χ4v) is 11.8. The lowest BCUT2D eigenvalue weighted by molar-refractivity contribution is 1.28. The van der Waals surface area contributed by atoms with Gasteiger partial charge in [0.1, 0.15) is 0 Å². The summed E-state index contributed by atoms with van der Waals surface area (Å²) in [7, 11) is 0. The van der Waals surface area contributed by atoms with Crippen molar-refractivity contribution < 1.29 is 0 Å². The maximum Gasteiger partial charge on any atom is 0.0701 e. The van der Waals surface area contributed by atoms with Crippen molar-refractivity contribution >= 4 is 77.2 Å². The van der Waals surface area contributed by atoms with Crippen LogP contribution in [0.15, 0.2) is 310 Å². The van der Waals surface area contributed by atoms with Gasteiger partial charge in [0.2, 0.25) is 0 Å². The van der Waals surface area contributed by atoms with Gasteiger partial charge in [-0.15, -0.1) is 0 Å². The third-order valence-corrected chi connectivity index (χ3v) is 15.3. The minimum atomic E-state index is 0.966. The van der Waals surface area contributed by atoms with Crippen molar-refractivity contribution in [3.8, 4) is 55.8 Å². The predicted octanol–water partition coefficient (Wildman–Crippen LogP) is 21.0. The molecular weight excluding hydrogens is 943 g/mol. The molecule has 0 aliphatic heterocycles. The van der Waals surface area contributed by atoms with Gasteiger partial charge in [-0.25, -0.2) is 0 Å². The molecule has 1 heterocycles.